The first kappa shape index (κ1) is 19.3. The first-order valence-corrected chi connectivity index (χ1v) is 10.4. The van der Waals surface area contributed by atoms with E-state index in [1.807, 2.05) is 24.4 Å². The highest BCUT2D eigenvalue weighted by atomic mass is 32.2. The molecule has 27 heavy (non-hydrogen) atoms. The summed E-state index contributed by atoms with van der Waals surface area (Å²) in [6.45, 7) is 1.86. The highest BCUT2D eigenvalue weighted by molar-refractivity contribution is 7.89. The molecule has 142 valence electrons. The molecule has 0 saturated heterocycles. The Hall–Kier alpha value is -2.49. The molecule has 1 N–H and O–H groups in total. The Kier molecular flexibility index (Phi) is 5.45. The number of nitrogens with one attached hydrogen (secondary N) is 1. The lowest BCUT2D eigenvalue weighted by atomic mass is 10.3. The quantitative estimate of drug-likeness (QED) is 0.680. The molecular formula is C18H19N3O4S2. The Morgan fingerprint density at radius 1 is 1.19 bits per heavy atom. The zero-order valence-corrected chi connectivity index (χ0v) is 16.7. The third kappa shape index (κ3) is 4.44. The van der Waals surface area contributed by atoms with Gasteiger partial charge in [0.1, 0.15) is 5.76 Å². The summed E-state index contributed by atoms with van der Waals surface area (Å²) < 4.78 is 30.8. The number of hydrogen-bond donors (Lipinski definition) is 1. The van der Waals surface area contributed by atoms with Crippen LogP contribution in [0, 0.1) is 6.92 Å². The van der Waals surface area contributed by atoms with Crippen LogP contribution in [0.5, 0.6) is 0 Å². The molecule has 0 fully saturated rings. The fraction of sp³-hybridized carbons (Fsp3) is 0.222. The number of anilines is 1. The number of hydrogen-bond acceptors (Lipinski definition) is 6. The summed E-state index contributed by atoms with van der Waals surface area (Å²) in [5, 5.41) is 5.29. The van der Waals surface area contributed by atoms with Crippen molar-refractivity contribution in [3.8, 4) is 10.8 Å². The van der Waals surface area contributed by atoms with Crippen LogP contribution < -0.4 is 5.32 Å². The van der Waals surface area contributed by atoms with E-state index in [-0.39, 0.29) is 17.2 Å². The third-order valence-corrected chi connectivity index (χ3v) is 6.50. The molecule has 0 aliphatic rings. The van der Waals surface area contributed by atoms with Gasteiger partial charge in [-0.1, -0.05) is 0 Å². The molecule has 1 amide bonds. The highest BCUT2D eigenvalue weighted by Crippen LogP contribution is 2.26. The molecule has 0 radical (unpaired) electrons. The molecule has 7 nitrogen and oxygen atoms in total. The van der Waals surface area contributed by atoms with Crippen LogP contribution in [0.3, 0.4) is 0 Å². The molecule has 0 aliphatic heterocycles. The first-order valence-electron chi connectivity index (χ1n) is 8.09. The van der Waals surface area contributed by atoms with Crippen LogP contribution in [0.25, 0.3) is 10.8 Å². The minimum atomic E-state index is -3.49. The lowest BCUT2D eigenvalue weighted by Crippen LogP contribution is -2.22. The van der Waals surface area contributed by atoms with E-state index in [1.54, 1.807) is 12.1 Å². The van der Waals surface area contributed by atoms with Crippen molar-refractivity contribution in [2.45, 2.75) is 18.2 Å². The van der Waals surface area contributed by atoms with Crippen molar-refractivity contribution in [3.63, 3.8) is 0 Å². The highest BCUT2D eigenvalue weighted by Gasteiger charge is 2.17. The number of rotatable bonds is 6. The van der Waals surface area contributed by atoms with Crippen LogP contribution in [0.2, 0.25) is 0 Å². The van der Waals surface area contributed by atoms with E-state index in [1.165, 1.54) is 37.6 Å². The van der Waals surface area contributed by atoms with Crippen molar-refractivity contribution in [2.75, 3.05) is 19.4 Å². The van der Waals surface area contributed by atoms with Crippen LogP contribution in [-0.4, -0.2) is 37.7 Å². The number of furan rings is 1. The summed E-state index contributed by atoms with van der Waals surface area (Å²) >= 11 is 1.42. The molecule has 9 heteroatoms. The number of carbonyl (C=O) groups is 1. The molecule has 0 spiro atoms. The lowest BCUT2D eigenvalue weighted by molar-refractivity contribution is -0.115. The predicted molar refractivity (Wildman–Crippen MR) is 104 cm³/mol. The molecule has 0 unspecified atom stereocenters. The number of aromatic nitrogens is 1. The Labute approximate surface area is 161 Å². The standard InChI is InChI=1S/C18H19N3O4S2/c1-12-4-9-16(25-12)18-20-14(11-26-18)10-17(22)19-13-5-7-15(8-6-13)27(23,24)21(2)3/h4-9,11H,10H2,1-3H3,(H,19,22). The van der Waals surface area contributed by atoms with E-state index in [0.29, 0.717) is 17.1 Å². The number of nitrogens with zero attached hydrogens (tertiary/aromatic N) is 2. The van der Waals surface area contributed by atoms with Crippen LogP contribution in [0.15, 0.2) is 51.1 Å². The Morgan fingerprint density at radius 3 is 2.48 bits per heavy atom. The minimum absolute atomic E-state index is 0.119. The van der Waals surface area contributed by atoms with E-state index in [9.17, 15) is 13.2 Å². The molecule has 0 atom stereocenters. The van der Waals surface area contributed by atoms with Crippen molar-refractivity contribution in [2.24, 2.45) is 0 Å². The van der Waals surface area contributed by atoms with Gasteiger partial charge in [0.15, 0.2) is 10.8 Å². The maximum absolute atomic E-state index is 12.2. The number of sulfonamides is 1. The van der Waals surface area contributed by atoms with Gasteiger partial charge in [0, 0.05) is 25.2 Å². The number of benzene rings is 1. The molecule has 2 heterocycles. The van der Waals surface area contributed by atoms with E-state index in [2.05, 4.69) is 10.3 Å². The molecule has 0 bridgehead atoms. The lowest BCUT2D eigenvalue weighted by Gasteiger charge is -2.11. The summed E-state index contributed by atoms with van der Waals surface area (Å²) in [6, 6.07) is 9.76. The van der Waals surface area contributed by atoms with Gasteiger partial charge in [0.25, 0.3) is 0 Å². The van der Waals surface area contributed by atoms with E-state index < -0.39 is 10.0 Å². The average molecular weight is 406 g/mol. The molecule has 3 rings (SSSR count). The Bertz CT molecular complexity index is 1050. The van der Waals surface area contributed by atoms with Gasteiger partial charge in [-0.05, 0) is 43.3 Å². The zero-order valence-electron chi connectivity index (χ0n) is 15.1. The van der Waals surface area contributed by atoms with Crippen LogP contribution >= 0.6 is 11.3 Å². The monoisotopic (exact) mass is 405 g/mol. The molecule has 1 aromatic carbocycles. The maximum atomic E-state index is 12.2. The van der Waals surface area contributed by atoms with E-state index in [4.69, 9.17) is 4.42 Å². The van der Waals surface area contributed by atoms with Crippen molar-refractivity contribution >= 4 is 33.0 Å². The van der Waals surface area contributed by atoms with Crippen molar-refractivity contribution in [1.82, 2.24) is 9.29 Å². The number of thiazole rings is 1. The molecule has 0 aliphatic carbocycles. The van der Waals surface area contributed by atoms with Gasteiger partial charge < -0.3 is 9.73 Å². The fourth-order valence-corrected chi connectivity index (χ4v) is 4.02. The SMILES string of the molecule is Cc1ccc(-c2nc(CC(=O)Nc3ccc(S(=O)(=O)N(C)C)cc3)cs2)o1. The molecular weight excluding hydrogens is 386 g/mol. The topological polar surface area (TPSA) is 92.5 Å². The molecule has 0 saturated carbocycles. The second-order valence-electron chi connectivity index (χ2n) is 6.09. The van der Waals surface area contributed by atoms with Gasteiger partial charge in [0.05, 0.1) is 17.0 Å². The van der Waals surface area contributed by atoms with Crippen LogP contribution in [0.4, 0.5) is 5.69 Å². The van der Waals surface area contributed by atoms with Gasteiger partial charge in [-0.25, -0.2) is 17.7 Å². The summed E-state index contributed by atoms with van der Waals surface area (Å²) in [5.74, 6) is 1.26. The van der Waals surface area contributed by atoms with Crippen LogP contribution in [-0.2, 0) is 21.2 Å². The summed E-state index contributed by atoms with van der Waals surface area (Å²) in [6.07, 6.45) is 0.119. The van der Waals surface area contributed by atoms with Gasteiger partial charge >= 0.3 is 0 Å². The van der Waals surface area contributed by atoms with Crippen molar-refractivity contribution in [3.05, 3.63) is 53.2 Å². The average Bonchev–Trinajstić information content (AvgIpc) is 3.24. The maximum Gasteiger partial charge on any atom is 0.242 e. The molecule has 2 aromatic heterocycles. The number of aryl methyl sites for hydroxylation is 1. The zero-order chi connectivity index (χ0) is 19.6. The Balaban J connectivity index is 1.64. The second-order valence-corrected chi connectivity index (χ2v) is 9.10. The third-order valence-electron chi connectivity index (χ3n) is 3.76. The normalized spacial score (nSPS) is 11.7. The van der Waals surface area contributed by atoms with Crippen molar-refractivity contribution in [1.29, 1.82) is 0 Å². The summed E-state index contributed by atoms with van der Waals surface area (Å²) in [5.41, 5.74) is 1.17. The summed E-state index contributed by atoms with van der Waals surface area (Å²) in [7, 11) is -0.551. The van der Waals surface area contributed by atoms with Gasteiger partial charge in [-0.3, -0.25) is 4.79 Å². The number of amides is 1. The largest absolute Gasteiger partial charge is 0.459 e. The van der Waals surface area contributed by atoms with E-state index >= 15 is 0 Å². The van der Waals surface area contributed by atoms with Gasteiger partial charge in [-0.15, -0.1) is 11.3 Å². The first-order chi connectivity index (χ1) is 12.8. The Morgan fingerprint density at radius 2 is 1.89 bits per heavy atom. The van der Waals surface area contributed by atoms with Gasteiger partial charge in [-0.2, -0.15) is 0 Å². The van der Waals surface area contributed by atoms with Crippen molar-refractivity contribution < 1.29 is 17.6 Å². The minimum Gasteiger partial charge on any atom is -0.459 e. The smallest absolute Gasteiger partial charge is 0.242 e. The fourth-order valence-electron chi connectivity index (χ4n) is 2.34. The van der Waals surface area contributed by atoms with Crippen LogP contribution in [0.1, 0.15) is 11.5 Å². The van der Waals surface area contributed by atoms with E-state index in [0.717, 1.165) is 15.1 Å². The number of carbonyl (C=O) groups excluding carboxylic acids is 1. The second kappa shape index (κ2) is 7.63. The van der Waals surface area contributed by atoms with Gasteiger partial charge in [0.2, 0.25) is 15.9 Å². The predicted octanol–water partition coefficient (Wildman–Crippen LogP) is 3.14. The summed E-state index contributed by atoms with van der Waals surface area (Å²) in [4.78, 5) is 16.8. The molecule has 3 aromatic rings.